The number of pyridine rings is 1. The van der Waals surface area contributed by atoms with Crippen molar-refractivity contribution in [3.05, 3.63) is 58.7 Å². The van der Waals surface area contributed by atoms with Gasteiger partial charge < -0.3 is 19.4 Å². The minimum atomic E-state index is -0.489. The first-order chi connectivity index (χ1) is 17.8. The summed E-state index contributed by atoms with van der Waals surface area (Å²) < 4.78 is 38.8. The van der Waals surface area contributed by atoms with Crippen molar-refractivity contribution in [2.45, 2.75) is 51.1 Å². The molecule has 2 N–H and O–H groups in total. The molecule has 4 rings (SSSR count). The molecule has 0 saturated heterocycles. The van der Waals surface area contributed by atoms with Gasteiger partial charge in [-0.2, -0.15) is 0 Å². The summed E-state index contributed by atoms with van der Waals surface area (Å²) in [5.74, 6) is -0.330. The molecule has 2 atom stereocenters. The summed E-state index contributed by atoms with van der Waals surface area (Å²) in [6.45, 7) is 5.13. The highest BCUT2D eigenvalue weighted by molar-refractivity contribution is 5.85. The van der Waals surface area contributed by atoms with E-state index in [0.717, 1.165) is 22.2 Å². The SMILES string of the molecule is COC(=O)CCC1(C)Cc2c([nH]c3ccccc23)C(c2c(F)cnc(OCCN(C)CCCF)c2C)N1. The molecule has 9 heteroatoms. The van der Waals surface area contributed by atoms with Crippen molar-refractivity contribution in [3.8, 4) is 5.88 Å². The van der Waals surface area contributed by atoms with E-state index in [0.29, 0.717) is 56.0 Å². The largest absolute Gasteiger partial charge is 0.476 e. The third-order valence-electron chi connectivity index (χ3n) is 7.25. The molecule has 0 bridgehead atoms. The molecule has 0 radical (unpaired) electrons. The topological polar surface area (TPSA) is 79.5 Å². The van der Waals surface area contributed by atoms with Gasteiger partial charge in [0.25, 0.3) is 0 Å². The number of likely N-dealkylation sites (N-methyl/N-ethyl adjacent to an activating group) is 1. The van der Waals surface area contributed by atoms with Gasteiger partial charge in [-0.25, -0.2) is 9.37 Å². The van der Waals surface area contributed by atoms with Gasteiger partial charge in [-0.3, -0.25) is 14.5 Å². The predicted molar refractivity (Wildman–Crippen MR) is 139 cm³/mol. The Kier molecular flexibility index (Phi) is 8.44. The number of aromatic nitrogens is 2. The first kappa shape index (κ1) is 27.0. The zero-order valence-corrected chi connectivity index (χ0v) is 22.0. The van der Waals surface area contributed by atoms with E-state index in [1.54, 1.807) is 0 Å². The summed E-state index contributed by atoms with van der Waals surface area (Å²) >= 11 is 0. The molecule has 0 amide bonds. The van der Waals surface area contributed by atoms with Gasteiger partial charge in [0.15, 0.2) is 0 Å². The molecule has 3 heterocycles. The molecular formula is C28H36F2N4O3. The van der Waals surface area contributed by atoms with Gasteiger partial charge in [0, 0.05) is 52.8 Å². The number of rotatable bonds is 11. The van der Waals surface area contributed by atoms with Gasteiger partial charge in [-0.1, -0.05) is 18.2 Å². The molecule has 0 fully saturated rings. The van der Waals surface area contributed by atoms with Crippen LogP contribution in [0.3, 0.4) is 0 Å². The molecule has 2 aromatic heterocycles. The van der Waals surface area contributed by atoms with Crippen LogP contribution in [0.5, 0.6) is 5.88 Å². The fourth-order valence-electron chi connectivity index (χ4n) is 5.19. The Balaban J connectivity index is 1.68. The summed E-state index contributed by atoms with van der Waals surface area (Å²) in [6, 6.07) is 7.56. The number of fused-ring (bicyclic) bond motifs is 3. The van der Waals surface area contributed by atoms with Gasteiger partial charge in [0.1, 0.15) is 12.4 Å². The van der Waals surface area contributed by atoms with Gasteiger partial charge in [-0.05, 0) is 51.8 Å². The van der Waals surface area contributed by atoms with Gasteiger partial charge in [0.05, 0.1) is 26.0 Å². The minimum Gasteiger partial charge on any atom is -0.476 e. The van der Waals surface area contributed by atoms with Crippen LogP contribution >= 0.6 is 0 Å². The van der Waals surface area contributed by atoms with Crippen molar-refractivity contribution >= 4 is 16.9 Å². The van der Waals surface area contributed by atoms with Gasteiger partial charge in [-0.15, -0.1) is 0 Å². The third-order valence-corrected chi connectivity index (χ3v) is 7.25. The Morgan fingerprint density at radius 3 is 2.84 bits per heavy atom. The number of hydrogen-bond acceptors (Lipinski definition) is 6. The summed E-state index contributed by atoms with van der Waals surface area (Å²) in [5.41, 5.74) is 3.61. The van der Waals surface area contributed by atoms with E-state index in [-0.39, 0.29) is 19.1 Å². The lowest BCUT2D eigenvalue weighted by molar-refractivity contribution is -0.141. The Morgan fingerprint density at radius 2 is 2.08 bits per heavy atom. The summed E-state index contributed by atoms with van der Waals surface area (Å²) in [4.78, 5) is 21.7. The molecule has 1 aliphatic heterocycles. The van der Waals surface area contributed by atoms with Crippen LogP contribution in [-0.2, 0) is 16.0 Å². The van der Waals surface area contributed by atoms with Crippen LogP contribution in [0.15, 0.2) is 30.5 Å². The summed E-state index contributed by atoms with van der Waals surface area (Å²) in [7, 11) is 3.30. The summed E-state index contributed by atoms with van der Waals surface area (Å²) in [5, 5.41) is 4.73. The number of H-pyrrole nitrogens is 1. The highest BCUT2D eigenvalue weighted by atomic mass is 19.1. The maximum atomic E-state index is 15.5. The lowest BCUT2D eigenvalue weighted by Gasteiger charge is -2.40. The first-order valence-electron chi connectivity index (χ1n) is 12.7. The smallest absolute Gasteiger partial charge is 0.305 e. The van der Waals surface area contributed by atoms with Crippen LogP contribution < -0.4 is 10.1 Å². The zero-order valence-electron chi connectivity index (χ0n) is 22.0. The van der Waals surface area contributed by atoms with E-state index >= 15 is 4.39 Å². The highest BCUT2D eigenvalue weighted by Crippen LogP contribution is 2.42. The number of aromatic amines is 1. The van der Waals surface area contributed by atoms with Crippen molar-refractivity contribution in [3.63, 3.8) is 0 Å². The lowest BCUT2D eigenvalue weighted by Crippen LogP contribution is -2.50. The molecular weight excluding hydrogens is 478 g/mol. The number of alkyl halides is 1. The molecule has 2 unspecified atom stereocenters. The van der Waals surface area contributed by atoms with Crippen molar-refractivity contribution in [2.75, 3.05) is 40.5 Å². The molecule has 0 saturated carbocycles. The van der Waals surface area contributed by atoms with E-state index in [1.165, 1.54) is 13.3 Å². The van der Waals surface area contributed by atoms with E-state index in [9.17, 15) is 9.18 Å². The zero-order chi connectivity index (χ0) is 26.6. The number of halogens is 2. The Labute approximate surface area is 216 Å². The average Bonchev–Trinajstić information content (AvgIpc) is 3.25. The number of nitrogens with zero attached hydrogens (tertiary/aromatic N) is 2. The van der Waals surface area contributed by atoms with E-state index in [2.05, 4.69) is 28.3 Å². The molecule has 3 aromatic rings. The van der Waals surface area contributed by atoms with Crippen LogP contribution in [0.25, 0.3) is 10.9 Å². The van der Waals surface area contributed by atoms with Crippen molar-refractivity contribution < 1.29 is 23.0 Å². The highest BCUT2D eigenvalue weighted by Gasteiger charge is 2.40. The van der Waals surface area contributed by atoms with Crippen LogP contribution in [0, 0.1) is 12.7 Å². The molecule has 200 valence electrons. The fourth-order valence-corrected chi connectivity index (χ4v) is 5.19. The fraction of sp³-hybridized carbons (Fsp3) is 0.500. The van der Waals surface area contributed by atoms with Crippen LogP contribution in [0.4, 0.5) is 8.78 Å². The van der Waals surface area contributed by atoms with E-state index in [1.807, 2.05) is 37.1 Å². The Bertz CT molecular complexity index is 1250. The quantitative estimate of drug-likeness (QED) is 0.364. The van der Waals surface area contributed by atoms with Crippen LogP contribution in [-0.4, -0.2) is 66.9 Å². The number of nitrogens with one attached hydrogen (secondary N) is 2. The van der Waals surface area contributed by atoms with Crippen LogP contribution in [0.2, 0.25) is 0 Å². The molecule has 7 nitrogen and oxygen atoms in total. The number of carbonyl (C=O) groups excluding carboxylic acids is 1. The number of carbonyl (C=O) groups is 1. The normalized spacial score (nSPS) is 19.3. The predicted octanol–water partition coefficient (Wildman–Crippen LogP) is 4.63. The Hall–Kier alpha value is -3.04. The van der Waals surface area contributed by atoms with Crippen molar-refractivity contribution in [1.29, 1.82) is 0 Å². The third kappa shape index (κ3) is 5.93. The number of ether oxygens (including phenoxy) is 2. The number of hydrogen-bond donors (Lipinski definition) is 2. The second kappa shape index (κ2) is 11.6. The van der Waals surface area contributed by atoms with E-state index in [4.69, 9.17) is 9.47 Å². The van der Waals surface area contributed by atoms with E-state index < -0.39 is 17.4 Å². The van der Waals surface area contributed by atoms with Gasteiger partial charge in [0.2, 0.25) is 5.88 Å². The van der Waals surface area contributed by atoms with Crippen LogP contribution in [0.1, 0.15) is 54.6 Å². The summed E-state index contributed by atoms with van der Waals surface area (Å²) in [6.07, 6.45) is 3.15. The maximum Gasteiger partial charge on any atom is 0.305 e. The minimum absolute atomic E-state index is 0.256. The number of methoxy groups -OCH3 is 1. The van der Waals surface area contributed by atoms with Crippen molar-refractivity contribution in [2.24, 2.45) is 0 Å². The second-order valence-electron chi connectivity index (χ2n) is 10.1. The maximum absolute atomic E-state index is 15.5. The monoisotopic (exact) mass is 514 g/mol. The first-order valence-corrected chi connectivity index (χ1v) is 12.7. The van der Waals surface area contributed by atoms with Crippen molar-refractivity contribution in [1.82, 2.24) is 20.2 Å². The number of para-hydroxylation sites is 1. The van der Waals surface area contributed by atoms with Gasteiger partial charge >= 0.3 is 5.97 Å². The molecule has 1 aromatic carbocycles. The number of esters is 1. The lowest BCUT2D eigenvalue weighted by atomic mass is 9.79. The molecule has 0 spiro atoms. The average molecular weight is 515 g/mol. The Morgan fingerprint density at radius 1 is 1.30 bits per heavy atom. The molecule has 1 aliphatic rings. The number of benzene rings is 1. The second-order valence-corrected chi connectivity index (χ2v) is 10.1. The standard InChI is InChI=1S/C28H36F2N4O3/c1-18-24(21(30)17-31-27(18)37-15-14-34(3)13-7-12-29)26-25-20(19-8-5-6-9-22(19)32-25)16-28(2,33-26)11-10-23(35)36-4/h5-6,8-9,17,26,32-33H,7,10-16H2,1-4H3. The molecule has 37 heavy (non-hydrogen) atoms. The molecule has 0 aliphatic carbocycles.